The zero-order chi connectivity index (χ0) is 21.8. The minimum absolute atomic E-state index is 0.0482. The number of ether oxygens (including phenoxy) is 1. The number of thioether (sulfide) groups is 1. The van der Waals surface area contributed by atoms with E-state index >= 15 is 0 Å². The molecule has 0 saturated heterocycles. The van der Waals surface area contributed by atoms with Gasteiger partial charge in [-0.1, -0.05) is 47.3 Å². The highest BCUT2D eigenvalue weighted by Crippen LogP contribution is 2.27. The number of benzene rings is 2. The van der Waals surface area contributed by atoms with Crippen molar-refractivity contribution in [1.29, 1.82) is 0 Å². The molecule has 8 nitrogen and oxygen atoms in total. The molecule has 32 heavy (non-hydrogen) atoms. The molecule has 10 heteroatoms. The Bertz CT molecular complexity index is 1300. The fourth-order valence-corrected chi connectivity index (χ4v) is 3.78. The fraction of sp³-hybridized carbons (Fsp3) is 0.0909. The maximum atomic E-state index is 13.9. The second-order valence-electron chi connectivity index (χ2n) is 6.57. The zero-order valence-corrected chi connectivity index (χ0v) is 17.4. The van der Waals surface area contributed by atoms with Gasteiger partial charge >= 0.3 is 0 Å². The van der Waals surface area contributed by atoms with Gasteiger partial charge in [0.25, 0.3) is 0 Å². The molecule has 0 N–H and O–H groups in total. The predicted molar refractivity (Wildman–Crippen MR) is 114 cm³/mol. The number of rotatable bonds is 8. The largest absolute Gasteiger partial charge is 0.483 e. The summed E-state index contributed by atoms with van der Waals surface area (Å²) in [7, 11) is 0. The molecule has 0 radical (unpaired) electrons. The smallest absolute Gasteiger partial charge is 0.238 e. The van der Waals surface area contributed by atoms with Gasteiger partial charge in [-0.3, -0.25) is 4.57 Å². The summed E-state index contributed by atoms with van der Waals surface area (Å²) in [6, 6.07) is 19.4. The number of nitrogens with zero attached hydrogens (tertiary/aromatic N) is 5. The molecule has 0 unspecified atom stereocenters. The highest BCUT2D eigenvalue weighted by Gasteiger charge is 2.18. The molecule has 160 valence electrons. The minimum atomic E-state index is -0.434. The third-order valence-electron chi connectivity index (χ3n) is 4.44. The number of hydrogen-bond acceptors (Lipinski definition) is 8. The molecule has 0 amide bonds. The van der Waals surface area contributed by atoms with Crippen LogP contribution < -0.4 is 4.74 Å². The van der Waals surface area contributed by atoms with Crippen molar-refractivity contribution < 1.29 is 18.1 Å². The Labute approximate surface area is 186 Å². The molecule has 2 aromatic carbocycles. The zero-order valence-electron chi connectivity index (χ0n) is 16.6. The Morgan fingerprint density at radius 3 is 2.62 bits per heavy atom. The summed E-state index contributed by atoms with van der Waals surface area (Å²) in [6.45, 7) is 0.0482. The van der Waals surface area contributed by atoms with Crippen LogP contribution in [0.4, 0.5) is 4.39 Å². The first kappa shape index (κ1) is 20.0. The quantitative estimate of drug-likeness (QED) is 0.308. The van der Waals surface area contributed by atoms with E-state index in [4.69, 9.17) is 13.7 Å². The third-order valence-corrected chi connectivity index (χ3v) is 5.36. The van der Waals surface area contributed by atoms with Crippen molar-refractivity contribution in [3.05, 3.63) is 90.5 Å². The van der Waals surface area contributed by atoms with Crippen molar-refractivity contribution in [3.8, 4) is 23.0 Å². The van der Waals surface area contributed by atoms with Crippen LogP contribution in [0.1, 0.15) is 11.7 Å². The Kier molecular flexibility index (Phi) is 5.67. The van der Waals surface area contributed by atoms with Gasteiger partial charge in [-0.05, 0) is 36.4 Å². The van der Waals surface area contributed by atoms with Gasteiger partial charge in [0, 0.05) is 5.69 Å². The maximum absolute atomic E-state index is 13.9. The highest BCUT2D eigenvalue weighted by atomic mass is 32.2. The summed E-state index contributed by atoms with van der Waals surface area (Å²) >= 11 is 1.38. The van der Waals surface area contributed by atoms with Gasteiger partial charge in [0.1, 0.15) is 6.61 Å². The van der Waals surface area contributed by atoms with Crippen LogP contribution in [-0.2, 0) is 12.4 Å². The number of halogens is 1. The standard InChI is InChI=1S/C22H16FN5O3S/c23-16-9-4-5-10-17(16)30-13-19-25-26-22(28(19)15-7-2-1-3-8-15)32-14-20-24-21(27-31-20)18-11-6-12-29-18/h1-12H,13-14H2. The monoisotopic (exact) mass is 449 g/mol. The van der Waals surface area contributed by atoms with Crippen molar-refractivity contribution in [2.24, 2.45) is 0 Å². The van der Waals surface area contributed by atoms with Crippen LogP contribution >= 0.6 is 11.8 Å². The molecular weight excluding hydrogens is 433 g/mol. The van der Waals surface area contributed by atoms with Gasteiger partial charge in [0.05, 0.1) is 12.0 Å². The van der Waals surface area contributed by atoms with E-state index in [-0.39, 0.29) is 12.4 Å². The van der Waals surface area contributed by atoms with Crippen LogP contribution in [0.25, 0.3) is 17.3 Å². The van der Waals surface area contributed by atoms with E-state index in [1.165, 1.54) is 17.8 Å². The highest BCUT2D eigenvalue weighted by molar-refractivity contribution is 7.98. The summed E-state index contributed by atoms with van der Waals surface area (Å²) in [5, 5.41) is 13.1. The van der Waals surface area contributed by atoms with Crippen LogP contribution in [-0.4, -0.2) is 24.9 Å². The molecular formula is C22H16FN5O3S. The molecule has 5 aromatic rings. The average molecular weight is 449 g/mol. The summed E-state index contributed by atoms with van der Waals surface area (Å²) in [6.07, 6.45) is 1.55. The SMILES string of the molecule is Fc1ccccc1OCc1nnc(SCc2nc(-c3ccco3)no2)n1-c1ccccc1. The van der Waals surface area contributed by atoms with Gasteiger partial charge in [-0.15, -0.1) is 10.2 Å². The van der Waals surface area contributed by atoms with Crippen LogP contribution in [0, 0.1) is 5.82 Å². The minimum Gasteiger partial charge on any atom is -0.483 e. The Balaban J connectivity index is 1.37. The van der Waals surface area contributed by atoms with E-state index in [0.29, 0.717) is 34.2 Å². The van der Waals surface area contributed by atoms with E-state index in [2.05, 4.69) is 20.3 Å². The number of para-hydroxylation sites is 2. The number of hydrogen-bond donors (Lipinski definition) is 0. The molecule has 0 atom stereocenters. The van der Waals surface area contributed by atoms with Gasteiger partial charge < -0.3 is 13.7 Å². The fourth-order valence-electron chi connectivity index (χ4n) is 2.97. The van der Waals surface area contributed by atoms with E-state index < -0.39 is 5.82 Å². The van der Waals surface area contributed by atoms with Crippen molar-refractivity contribution in [2.45, 2.75) is 17.5 Å². The van der Waals surface area contributed by atoms with Crippen molar-refractivity contribution in [2.75, 3.05) is 0 Å². The van der Waals surface area contributed by atoms with Gasteiger partial charge in [0.15, 0.2) is 28.3 Å². The molecule has 0 fully saturated rings. The molecule has 0 saturated carbocycles. The van der Waals surface area contributed by atoms with Crippen LogP contribution in [0.3, 0.4) is 0 Å². The molecule has 0 aliphatic heterocycles. The second-order valence-corrected chi connectivity index (χ2v) is 7.51. The molecule has 0 aliphatic rings. The molecule has 0 spiro atoms. The first-order valence-electron chi connectivity index (χ1n) is 9.64. The lowest BCUT2D eigenvalue weighted by Crippen LogP contribution is -2.07. The Morgan fingerprint density at radius 2 is 1.81 bits per heavy atom. The summed E-state index contributed by atoms with van der Waals surface area (Å²) < 4.78 is 32.0. The normalized spacial score (nSPS) is 11.0. The van der Waals surface area contributed by atoms with Crippen LogP contribution in [0.2, 0.25) is 0 Å². The lowest BCUT2D eigenvalue weighted by atomic mass is 10.3. The van der Waals surface area contributed by atoms with Gasteiger partial charge in [-0.25, -0.2) is 4.39 Å². The topological polar surface area (TPSA) is 92.0 Å². The lowest BCUT2D eigenvalue weighted by Gasteiger charge is -2.11. The average Bonchev–Trinajstić information content (AvgIpc) is 3.58. The predicted octanol–water partition coefficient (Wildman–Crippen LogP) is 4.92. The summed E-state index contributed by atoms with van der Waals surface area (Å²) in [4.78, 5) is 4.35. The molecule has 0 bridgehead atoms. The number of furan rings is 1. The van der Waals surface area contributed by atoms with Crippen molar-refractivity contribution in [3.63, 3.8) is 0 Å². The van der Waals surface area contributed by atoms with Crippen molar-refractivity contribution >= 4 is 11.8 Å². The summed E-state index contributed by atoms with van der Waals surface area (Å²) in [5.41, 5.74) is 0.855. The van der Waals surface area contributed by atoms with E-state index in [9.17, 15) is 4.39 Å². The lowest BCUT2D eigenvalue weighted by molar-refractivity contribution is 0.278. The first-order valence-corrected chi connectivity index (χ1v) is 10.6. The second kappa shape index (κ2) is 9.06. The third kappa shape index (κ3) is 4.26. The van der Waals surface area contributed by atoms with Crippen LogP contribution in [0.15, 0.2) is 87.1 Å². The Hall–Kier alpha value is -3.92. The maximum Gasteiger partial charge on any atom is 0.238 e. The first-order chi connectivity index (χ1) is 15.8. The van der Waals surface area contributed by atoms with Crippen molar-refractivity contribution in [1.82, 2.24) is 24.9 Å². The molecule has 3 heterocycles. The van der Waals surface area contributed by atoms with Gasteiger partial charge in [0.2, 0.25) is 11.7 Å². The van der Waals surface area contributed by atoms with E-state index in [0.717, 1.165) is 5.69 Å². The van der Waals surface area contributed by atoms with Gasteiger partial charge in [-0.2, -0.15) is 4.98 Å². The van der Waals surface area contributed by atoms with E-state index in [1.807, 2.05) is 34.9 Å². The Morgan fingerprint density at radius 1 is 0.969 bits per heavy atom. The van der Waals surface area contributed by atoms with Crippen LogP contribution in [0.5, 0.6) is 5.75 Å². The summed E-state index contributed by atoms with van der Waals surface area (Å²) in [5.74, 6) is 1.97. The number of aromatic nitrogens is 5. The van der Waals surface area contributed by atoms with E-state index in [1.54, 1.807) is 36.6 Å². The molecule has 0 aliphatic carbocycles. The molecule has 5 rings (SSSR count). The molecule has 3 aromatic heterocycles.